The average Bonchev–Trinajstić information content (AvgIpc) is 2.71. The monoisotopic (exact) mass is 389 g/mol. The van der Waals surface area contributed by atoms with E-state index >= 15 is 0 Å². The third kappa shape index (κ3) is 6.33. The zero-order valence-electron chi connectivity index (χ0n) is 16.9. The largest absolute Gasteiger partial charge is 0.493 e. The summed E-state index contributed by atoms with van der Waals surface area (Å²) >= 11 is 0. The van der Waals surface area contributed by atoms with Crippen LogP contribution in [-0.4, -0.2) is 58.9 Å². The van der Waals surface area contributed by atoms with E-state index in [0.29, 0.717) is 18.9 Å². The molecule has 0 spiro atoms. The minimum absolute atomic E-state index is 0.309. The number of aliphatic imine (C=N–C) groups is 1. The zero-order chi connectivity index (χ0) is 20.4. The number of rotatable bonds is 9. The minimum Gasteiger partial charge on any atom is -0.493 e. The number of guanidine groups is 1. The minimum atomic E-state index is -0.309. The van der Waals surface area contributed by atoms with Crippen LogP contribution in [-0.2, 0) is 6.42 Å². The number of likely N-dealkylation sites (N-methyl/N-ethyl adjacent to an activating group) is 1. The van der Waals surface area contributed by atoms with Crippen LogP contribution in [0.25, 0.3) is 0 Å². The van der Waals surface area contributed by atoms with E-state index in [0.717, 1.165) is 36.0 Å². The Bertz CT molecular complexity index is 783. The standard InChI is InChI=1S/C21H28FN3O3/c1-23-21(24-11-13-28-18-7-5-6-17(22)15-18)25(2)12-10-16-8-9-19(26-3)20(14-16)27-4/h5-9,14-15H,10-13H2,1-4H3,(H,23,24). The third-order valence-electron chi connectivity index (χ3n) is 4.21. The highest BCUT2D eigenvalue weighted by molar-refractivity contribution is 5.79. The summed E-state index contributed by atoms with van der Waals surface area (Å²) in [5.74, 6) is 2.41. The van der Waals surface area contributed by atoms with E-state index < -0.39 is 0 Å². The van der Waals surface area contributed by atoms with Crippen LogP contribution in [0.1, 0.15) is 5.56 Å². The van der Waals surface area contributed by atoms with E-state index in [2.05, 4.69) is 10.3 Å². The Hall–Kier alpha value is -2.96. The van der Waals surface area contributed by atoms with Crippen molar-refractivity contribution in [2.75, 3.05) is 48.0 Å². The van der Waals surface area contributed by atoms with E-state index in [1.165, 1.54) is 12.1 Å². The molecule has 7 heteroatoms. The van der Waals surface area contributed by atoms with Crippen molar-refractivity contribution in [1.82, 2.24) is 10.2 Å². The lowest BCUT2D eigenvalue weighted by molar-refractivity contribution is 0.318. The maximum Gasteiger partial charge on any atom is 0.193 e. The molecular formula is C21H28FN3O3. The molecule has 0 fully saturated rings. The van der Waals surface area contributed by atoms with Gasteiger partial charge in [0.15, 0.2) is 17.5 Å². The molecule has 2 aromatic rings. The van der Waals surface area contributed by atoms with E-state index in [-0.39, 0.29) is 5.82 Å². The quantitative estimate of drug-likeness (QED) is 0.406. The van der Waals surface area contributed by atoms with Gasteiger partial charge in [-0.2, -0.15) is 0 Å². The maximum atomic E-state index is 13.1. The Balaban J connectivity index is 1.79. The topological polar surface area (TPSA) is 55.3 Å². The number of benzene rings is 2. The van der Waals surface area contributed by atoms with Crippen LogP contribution < -0.4 is 19.5 Å². The van der Waals surface area contributed by atoms with Crippen molar-refractivity contribution < 1.29 is 18.6 Å². The van der Waals surface area contributed by atoms with Gasteiger partial charge in [-0.25, -0.2) is 4.39 Å². The van der Waals surface area contributed by atoms with Gasteiger partial charge in [0.05, 0.1) is 20.8 Å². The van der Waals surface area contributed by atoms with Gasteiger partial charge in [-0.3, -0.25) is 4.99 Å². The first-order valence-electron chi connectivity index (χ1n) is 9.08. The second kappa shape index (κ2) is 11.0. The lowest BCUT2D eigenvalue weighted by Crippen LogP contribution is -2.41. The first-order valence-corrected chi connectivity index (χ1v) is 9.08. The van der Waals surface area contributed by atoms with Crippen LogP contribution in [0.2, 0.25) is 0 Å². The molecule has 0 aliphatic carbocycles. The molecular weight excluding hydrogens is 361 g/mol. The SMILES string of the molecule is CN=C(NCCOc1cccc(F)c1)N(C)CCc1ccc(OC)c(OC)c1. The predicted molar refractivity (Wildman–Crippen MR) is 109 cm³/mol. The van der Waals surface area contributed by atoms with Crippen LogP contribution in [0.5, 0.6) is 17.2 Å². The molecule has 0 aromatic heterocycles. The maximum absolute atomic E-state index is 13.1. The molecule has 0 saturated carbocycles. The number of hydrogen-bond acceptors (Lipinski definition) is 4. The summed E-state index contributed by atoms with van der Waals surface area (Å²) in [5.41, 5.74) is 1.15. The highest BCUT2D eigenvalue weighted by Gasteiger charge is 2.08. The molecule has 0 aliphatic heterocycles. The van der Waals surface area contributed by atoms with E-state index in [4.69, 9.17) is 14.2 Å². The molecule has 152 valence electrons. The van der Waals surface area contributed by atoms with Crippen LogP contribution >= 0.6 is 0 Å². The molecule has 2 rings (SSSR count). The highest BCUT2D eigenvalue weighted by Crippen LogP contribution is 2.27. The Kier molecular flexibility index (Phi) is 8.39. The summed E-state index contributed by atoms with van der Waals surface area (Å²) in [6.45, 7) is 1.75. The molecule has 0 saturated heterocycles. The summed E-state index contributed by atoms with van der Waals surface area (Å²) in [6.07, 6.45) is 0.831. The van der Waals surface area contributed by atoms with Gasteiger partial charge in [-0.1, -0.05) is 12.1 Å². The van der Waals surface area contributed by atoms with Crippen LogP contribution in [0, 0.1) is 5.82 Å². The van der Waals surface area contributed by atoms with Crippen molar-refractivity contribution in [2.45, 2.75) is 6.42 Å². The van der Waals surface area contributed by atoms with E-state index in [9.17, 15) is 4.39 Å². The Morgan fingerprint density at radius 1 is 1.11 bits per heavy atom. The third-order valence-corrected chi connectivity index (χ3v) is 4.21. The Morgan fingerprint density at radius 2 is 1.89 bits per heavy atom. The Morgan fingerprint density at radius 3 is 2.57 bits per heavy atom. The summed E-state index contributed by atoms with van der Waals surface area (Å²) in [5, 5.41) is 3.24. The fraction of sp³-hybridized carbons (Fsp3) is 0.381. The van der Waals surface area contributed by atoms with Gasteiger partial charge in [-0.05, 0) is 36.2 Å². The molecule has 6 nitrogen and oxygen atoms in total. The number of hydrogen-bond donors (Lipinski definition) is 1. The van der Waals surface area contributed by atoms with E-state index in [1.54, 1.807) is 33.4 Å². The van der Waals surface area contributed by atoms with Crippen LogP contribution in [0.4, 0.5) is 4.39 Å². The predicted octanol–water partition coefficient (Wildman–Crippen LogP) is 2.97. The average molecular weight is 389 g/mol. The second-order valence-corrected chi connectivity index (χ2v) is 6.14. The van der Waals surface area contributed by atoms with Crippen molar-refractivity contribution in [3.05, 3.63) is 53.8 Å². The van der Waals surface area contributed by atoms with Crippen molar-refractivity contribution in [3.8, 4) is 17.2 Å². The van der Waals surface area contributed by atoms with Gasteiger partial charge >= 0.3 is 0 Å². The molecule has 28 heavy (non-hydrogen) atoms. The lowest BCUT2D eigenvalue weighted by Gasteiger charge is -2.22. The fourth-order valence-corrected chi connectivity index (χ4v) is 2.71. The molecule has 0 atom stereocenters. The summed E-state index contributed by atoms with van der Waals surface area (Å²) < 4.78 is 29.3. The molecule has 1 N–H and O–H groups in total. The molecule has 0 amide bonds. The van der Waals surface area contributed by atoms with Crippen molar-refractivity contribution in [3.63, 3.8) is 0 Å². The van der Waals surface area contributed by atoms with Crippen molar-refractivity contribution >= 4 is 5.96 Å². The summed E-state index contributed by atoms with van der Waals surface area (Å²) in [4.78, 5) is 6.33. The van der Waals surface area contributed by atoms with Crippen molar-refractivity contribution in [1.29, 1.82) is 0 Å². The molecule has 2 aromatic carbocycles. The van der Waals surface area contributed by atoms with Gasteiger partial charge in [0.25, 0.3) is 0 Å². The smallest absolute Gasteiger partial charge is 0.193 e. The van der Waals surface area contributed by atoms with E-state index in [1.807, 2.05) is 30.1 Å². The number of methoxy groups -OCH3 is 2. The van der Waals surface area contributed by atoms with Gasteiger partial charge in [0.1, 0.15) is 18.2 Å². The van der Waals surface area contributed by atoms with Crippen molar-refractivity contribution in [2.24, 2.45) is 4.99 Å². The second-order valence-electron chi connectivity index (χ2n) is 6.14. The van der Waals surface area contributed by atoms with Crippen LogP contribution in [0.3, 0.4) is 0 Å². The highest BCUT2D eigenvalue weighted by atomic mass is 19.1. The fourth-order valence-electron chi connectivity index (χ4n) is 2.71. The van der Waals surface area contributed by atoms with Gasteiger partial charge < -0.3 is 24.4 Å². The van der Waals surface area contributed by atoms with Crippen LogP contribution in [0.15, 0.2) is 47.5 Å². The zero-order valence-corrected chi connectivity index (χ0v) is 16.9. The number of nitrogens with zero attached hydrogens (tertiary/aromatic N) is 2. The van der Waals surface area contributed by atoms with Gasteiger partial charge in [0, 0.05) is 26.7 Å². The lowest BCUT2D eigenvalue weighted by atomic mass is 10.1. The summed E-state index contributed by atoms with van der Waals surface area (Å²) in [6, 6.07) is 12.0. The molecule has 0 aliphatic rings. The number of ether oxygens (including phenoxy) is 3. The molecule has 0 bridgehead atoms. The first-order chi connectivity index (χ1) is 13.6. The van der Waals surface area contributed by atoms with Gasteiger partial charge in [-0.15, -0.1) is 0 Å². The first kappa shape index (κ1) is 21.3. The summed E-state index contributed by atoms with van der Waals surface area (Å²) in [7, 11) is 6.97. The number of halogens is 1. The molecule has 0 heterocycles. The number of nitrogens with one attached hydrogen (secondary N) is 1. The normalized spacial score (nSPS) is 11.1. The van der Waals surface area contributed by atoms with Gasteiger partial charge in [0.2, 0.25) is 0 Å². The molecule has 0 radical (unpaired) electrons. The molecule has 0 unspecified atom stereocenters. The Labute approximate surface area is 165 Å².